The van der Waals surface area contributed by atoms with Gasteiger partial charge in [0.15, 0.2) is 0 Å². The molecule has 0 radical (unpaired) electrons. The van der Waals surface area contributed by atoms with Crippen molar-refractivity contribution in [3.8, 4) is 0 Å². The van der Waals surface area contributed by atoms with Crippen LogP contribution in [0, 0.1) is 15.9 Å². The van der Waals surface area contributed by atoms with Crippen LogP contribution < -0.4 is 4.90 Å². The van der Waals surface area contributed by atoms with Crippen molar-refractivity contribution >= 4 is 11.4 Å². The number of benzene rings is 1. The Hall–Kier alpha value is -1.69. The summed E-state index contributed by atoms with van der Waals surface area (Å²) in [5.41, 5.74) is 0.342. The first-order valence-corrected chi connectivity index (χ1v) is 5.82. The molecule has 2 rings (SSSR count). The topological polar surface area (TPSA) is 55.6 Å². The normalized spacial score (nSPS) is 14.6. The first-order valence-electron chi connectivity index (χ1n) is 5.82. The van der Waals surface area contributed by atoms with E-state index in [1.54, 1.807) is 7.11 Å². The summed E-state index contributed by atoms with van der Waals surface area (Å²) in [6, 6.07) is 4.03. The average Bonchev–Trinajstić information content (AvgIpc) is 3.13. The Bertz CT molecular complexity index is 449. The van der Waals surface area contributed by atoms with Gasteiger partial charge in [0.2, 0.25) is 0 Å². The van der Waals surface area contributed by atoms with E-state index in [4.69, 9.17) is 4.74 Å². The zero-order valence-electron chi connectivity index (χ0n) is 10.1. The monoisotopic (exact) mass is 254 g/mol. The van der Waals surface area contributed by atoms with E-state index in [0.717, 1.165) is 18.9 Å². The fraction of sp³-hybridized carbons (Fsp3) is 0.500. The summed E-state index contributed by atoms with van der Waals surface area (Å²) in [4.78, 5) is 12.1. The minimum atomic E-state index is -0.581. The largest absolute Gasteiger partial charge is 0.383 e. The smallest absolute Gasteiger partial charge is 0.274 e. The molecule has 0 spiro atoms. The van der Waals surface area contributed by atoms with E-state index in [1.165, 1.54) is 12.1 Å². The molecule has 1 aliphatic carbocycles. The summed E-state index contributed by atoms with van der Waals surface area (Å²) >= 11 is 0. The van der Waals surface area contributed by atoms with Gasteiger partial charge in [-0.25, -0.2) is 4.39 Å². The van der Waals surface area contributed by atoms with Gasteiger partial charge in [-0.1, -0.05) is 0 Å². The number of nitro benzene ring substituents is 1. The van der Waals surface area contributed by atoms with E-state index in [-0.39, 0.29) is 5.69 Å². The average molecular weight is 254 g/mol. The predicted molar refractivity (Wildman–Crippen MR) is 65.3 cm³/mol. The van der Waals surface area contributed by atoms with Crippen LogP contribution in [0.4, 0.5) is 15.8 Å². The molecule has 0 unspecified atom stereocenters. The molecule has 6 heteroatoms. The lowest BCUT2D eigenvalue weighted by Gasteiger charge is -2.24. The number of ether oxygens (including phenoxy) is 1. The summed E-state index contributed by atoms with van der Waals surface area (Å²) < 4.78 is 18.4. The Kier molecular flexibility index (Phi) is 3.76. The maximum Gasteiger partial charge on any atom is 0.274 e. The lowest BCUT2D eigenvalue weighted by atomic mass is 10.2. The second kappa shape index (κ2) is 5.30. The fourth-order valence-corrected chi connectivity index (χ4v) is 1.93. The second-order valence-corrected chi connectivity index (χ2v) is 4.34. The van der Waals surface area contributed by atoms with E-state index in [2.05, 4.69) is 0 Å². The van der Waals surface area contributed by atoms with Gasteiger partial charge in [0.05, 0.1) is 17.6 Å². The standard InChI is InChI=1S/C12H15FN2O3/c1-18-5-4-14(10-2-3-10)11-6-9(13)7-12(8-11)15(16)17/h6-8,10H,2-5H2,1H3. The van der Waals surface area contributed by atoms with Gasteiger partial charge in [-0.05, 0) is 18.9 Å². The second-order valence-electron chi connectivity index (χ2n) is 4.34. The highest BCUT2D eigenvalue weighted by molar-refractivity contribution is 5.55. The Labute approximate surface area is 104 Å². The summed E-state index contributed by atoms with van der Waals surface area (Å²) in [5.74, 6) is -0.581. The van der Waals surface area contributed by atoms with Crippen LogP contribution in [-0.4, -0.2) is 31.2 Å². The molecule has 0 aromatic heterocycles. The van der Waals surface area contributed by atoms with Gasteiger partial charge in [-0.3, -0.25) is 10.1 Å². The minimum Gasteiger partial charge on any atom is -0.383 e. The number of hydrogen-bond acceptors (Lipinski definition) is 4. The van der Waals surface area contributed by atoms with Crippen LogP contribution in [0.2, 0.25) is 0 Å². The molecule has 0 saturated heterocycles. The molecule has 0 heterocycles. The number of methoxy groups -OCH3 is 1. The zero-order valence-corrected chi connectivity index (χ0v) is 10.1. The molecular formula is C12H15FN2O3. The molecule has 1 fully saturated rings. The molecule has 0 bridgehead atoms. The molecule has 18 heavy (non-hydrogen) atoms. The Morgan fingerprint density at radius 3 is 2.78 bits per heavy atom. The SMILES string of the molecule is COCCN(c1cc(F)cc([N+](=O)[O-])c1)C1CC1. The lowest BCUT2D eigenvalue weighted by Crippen LogP contribution is -2.29. The number of hydrogen-bond donors (Lipinski definition) is 0. The van der Waals surface area contributed by atoms with Gasteiger partial charge in [0.25, 0.3) is 5.69 Å². The number of anilines is 1. The first kappa shape index (κ1) is 12.8. The first-order chi connectivity index (χ1) is 8.61. The number of non-ortho nitro benzene ring substituents is 1. The number of nitrogens with zero attached hydrogens (tertiary/aromatic N) is 2. The molecule has 1 aromatic carbocycles. The number of halogens is 1. The van der Waals surface area contributed by atoms with Gasteiger partial charge in [-0.2, -0.15) is 0 Å². The van der Waals surface area contributed by atoms with Crippen LogP contribution in [-0.2, 0) is 4.74 Å². The third-order valence-corrected chi connectivity index (χ3v) is 2.93. The van der Waals surface area contributed by atoms with Crippen molar-refractivity contribution in [1.82, 2.24) is 0 Å². The van der Waals surface area contributed by atoms with Gasteiger partial charge < -0.3 is 9.64 Å². The summed E-state index contributed by atoms with van der Waals surface area (Å²) in [5, 5.41) is 10.7. The van der Waals surface area contributed by atoms with Crippen LogP contribution in [0.5, 0.6) is 0 Å². The molecular weight excluding hydrogens is 239 g/mol. The highest BCUT2D eigenvalue weighted by atomic mass is 19.1. The van der Waals surface area contributed by atoms with Crippen LogP contribution in [0.25, 0.3) is 0 Å². The van der Waals surface area contributed by atoms with Crippen molar-refractivity contribution in [3.63, 3.8) is 0 Å². The highest BCUT2D eigenvalue weighted by Gasteiger charge is 2.30. The van der Waals surface area contributed by atoms with Gasteiger partial charge in [0, 0.05) is 31.5 Å². The molecule has 98 valence electrons. The molecule has 5 nitrogen and oxygen atoms in total. The van der Waals surface area contributed by atoms with E-state index < -0.39 is 10.7 Å². The fourth-order valence-electron chi connectivity index (χ4n) is 1.93. The summed E-state index contributed by atoms with van der Waals surface area (Å²) in [6.07, 6.45) is 2.07. The van der Waals surface area contributed by atoms with Crippen molar-refractivity contribution in [2.24, 2.45) is 0 Å². The lowest BCUT2D eigenvalue weighted by molar-refractivity contribution is -0.385. The van der Waals surface area contributed by atoms with E-state index in [9.17, 15) is 14.5 Å². The molecule has 1 aromatic rings. The van der Waals surface area contributed by atoms with Crippen LogP contribution in [0.15, 0.2) is 18.2 Å². The van der Waals surface area contributed by atoms with Crippen LogP contribution >= 0.6 is 0 Å². The maximum absolute atomic E-state index is 13.4. The molecule has 0 atom stereocenters. The Balaban J connectivity index is 2.25. The van der Waals surface area contributed by atoms with Crippen LogP contribution in [0.3, 0.4) is 0 Å². The van der Waals surface area contributed by atoms with Crippen molar-refractivity contribution < 1.29 is 14.1 Å². The number of nitro groups is 1. The Morgan fingerprint density at radius 2 is 2.22 bits per heavy atom. The van der Waals surface area contributed by atoms with Crippen molar-refractivity contribution in [1.29, 1.82) is 0 Å². The minimum absolute atomic E-state index is 0.215. The highest BCUT2D eigenvalue weighted by Crippen LogP contribution is 2.33. The van der Waals surface area contributed by atoms with Gasteiger partial charge in [0.1, 0.15) is 5.82 Å². The molecule has 0 amide bonds. The van der Waals surface area contributed by atoms with E-state index in [0.29, 0.717) is 24.9 Å². The molecule has 0 N–H and O–H groups in total. The zero-order chi connectivity index (χ0) is 13.1. The van der Waals surface area contributed by atoms with Crippen molar-refractivity contribution in [2.75, 3.05) is 25.2 Å². The van der Waals surface area contributed by atoms with E-state index >= 15 is 0 Å². The van der Waals surface area contributed by atoms with Crippen molar-refractivity contribution in [2.45, 2.75) is 18.9 Å². The van der Waals surface area contributed by atoms with E-state index in [1.807, 2.05) is 4.90 Å². The number of rotatable bonds is 6. The van der Waals surface area contributed by atoms with Gasteiger partial charge >= 0.3 is 0 Å². The Morgan fingerprint density at radius 1 is 1.50 bits per heavy atom. The maximum atomic E-state index is 13.4. The third kappa shape index (κ3) is 2.95. The summed E-state index contributed by atoms with van der Waals surface area (Å²) in [7, 11) is 1.60. The third-order valence-electron chi connectivity index (χ3n) is 2.93. The molecule has 1 aliphatic rings. The predicted octanol–water partition coefficient (Wildman–Crippen LogP) is 2.35. The quantitative estimate of drug-likeness (QED) is 0.577. The van der Waals surface area contributed by atoms with Crippen LogP contribution in [0.1, 0.15) is 12.8 Å². The van der Waals surface area contributed by atoms with Crippen molar-refractivity contribution in [3.05, 3.63) is 34.1 Å². The molecule has 0 aliphatic heterocycles. The molecule has 1 saturated carbocycles. The van der Waals surface area contributed by atoms with Gasteiger partial charge in [-0.15, -0.1) is 0 Å². The summed E-state index contributed by atoms with van der Waals surface area (Å²) in [6.45, 7) is 1.13.